The Kier molecular flexibility index (Phi) is 9.50. The molecule has 0 aliphatic carbocycles. The second-order valence-electron chi connectivity index (χ2n) is 4.37. The summed E-state index contributed by atoms with van der Waals surface area (Å²) in [6.07, 6.45) is 5.29. The van der Waals surface area contributed by atoms with E-state index in [-0.39, 0.29) is 24.9 Å². The van der Waals surface area contributed by atoms with Crippen LogP contribution < -0.4 is 5.73 Å². The van der Waals surface area contributed by atoms with Crippen LogP contribution in [0, 0.1) is 0 Å². The van der Waals surface area contributed by atoms with Crippen molar-refractivity contribution in [1.82, 2.24) is 4.90 Å². The highest BCUT2D eigenvalue weighted by Gasteiger charge is 2.25. The van der Waals surface area contributed by atoms with Crippen LogP contribution in [0.5, 0.6) is 0 Å². The molecular weight excluding hydrogens is 240 g/mol. The van der Waals surface area contributed by atoms with Gasteiger partial charge in [0.05, 0.1) is 0 Å². The van der Waals surface area contributed by atoms with E-state index in [1.54, 1.807) is 0 Å². The van der Waals surface area contributed by atoms with Crippen molar-refractivity contribution >= 4 is 18.3 Å². The summed E-state index contributed by atoms with van der Waals surface area (Å²) in [5, 5.41) is 0. The van der Waals surface area contributed by atoms with Crippen LogP contribution in [0.3, 0.4) is 0 Å². The number of hydrogen-bond donors (Lipinski definition) is 1. The molecule has 1 aliphatic rings. The van der Waals surface area contributed by atoms with Crippen molar-refractivity contribution in [3.05, 3.63) is 0 Å². The van der Waals surface area contributed by atoms with Gasteiger partial charge in [-0.25, -0.2) is 0 Å². The summed E-state index contributed by atoms with van der Waals surface area (Å²) in [4.78, 5) is 13.9. The van der Waals surface area contributed by atoms with Gasteiger partial charge in [-0.1, -0.05) is 6.92 Å². The van der Waals surface area contributed by atoms with E-state index in [0.717, 1.165) is 32.2 Å². The first-order valence-corrected chi connectivity index (χ1v) is 6.36. The lowest BCUT2D eigenvalue weighted by Gasteiger charge is -2.35. The Morgan fingerprint density at radius 1 is 1.47 bits per heavy atom. The normalized spacial score (nSPS) is 19.9. The first kappa shape index (κ1) is 16.7. The van der Waals surface area contributed by atoms with Gasteiger partial charge in [-0.2, -0.15) is 0 Å². The molecule has 4 nitrogen and oxygen atoms in total. The van der Waals surface area contributed by atoms with Gasteiger partial charge in [0.1, 0.15) is 6.61 Å². The highest BCUT2D eigenvalue weighted by molar-refractivity contribution is 5.85. The standard InChI is InChI=1S/C12H24N2O2.ClH/c1-2-9-16-10-12(15)14-8-4-3-5-11(14)6-7-13;/h11H,2-10,13H2,1H3;1H. The molecule has 1 unspecified atom stereocenters. The van der Waals surface area contributed by atoms with Crippen LogP contribution in [-0.4, -0.2) is 43.2 Å². The summed E-state index contributed by atoms with van der Waals surface area (Å²) >= 11 is 0. The lowest BCUT2D eigenvalue weighted by atomic mass is 9.99. The first-order chi connectivity index (χ1) is 7.79. The third-order valence-corrected chi connectivity index (χ3v) is 3.02. The molecule has 0 spiro atoms. The topological polar surface area (TPSA) is 55.6 Å². The molecule has 5 heteroatoms. The zero-order chi connectivity index (χ0) is 11.8. The highest BCUT2D eigenvalue weighted by atomic mass is 35.5. The van der Waals surface area contributed by atoms with Crippen molar-refractivity contribution in [2.24, 2.45) is 5.73 Å². The minimum absolute atomic E-state index is 0. The molecule has 0 bridgehead atoms. The summed E-state index contributed by atoms with van der Waals surface area (Å²) in [6, 6.07) is 0.344. The van der Waals surface area contributed by atoms with Crippen molar-refractivity contribution in [2.75, 3.05) is 26.3 Å². The Morgan fingerprint density at radius 3 is 2.88 bits per heavy atom. The second-order valence-corrected chi connectivity index (χ2v) is 4.37. The predicted octanol–water partition coefficient (Wildman–Crippen LogP) is 1.56. The predicted molar refractivity (Wildman–Crippen MR) is 71.4 cm³/mol. The Morgan fingerprint density at radius 2 is 2.24 bits per heavy atom. The van der Waals surface area contributed by atoms with E-state index in [0.29, 0.717) is 19.2 Å². The van der Waals surface area contributed by atoms with E-state index in [1.165, 1.54) is 6.42 Å². The monoisotopic (exact) mass is 264 g/mol. The first-order valence-electron chi connectivity index (χ1n) is 6.36. The number of nitrogens with two attached hydrogens (primary N) is 1. The van der Waals surface area contributed by atoms with Gasteiger partial charge in [0.2, 0.25) is 5.91 Å². The molecule has 1 rings (SSSR count). The van der Waals surface area contributed by atoms with Gasteiger partial charge in [-0.3, -0.25) is 4.79 Å². The molecule has 1 aliphatic heterocycles. The molecule has 1 saturated heterocycles. The largest absolute Gasteiger partial charge is 0.372 e. The Bertz CT molecular complexity index is 213. The Hall–Kier alpha value is -0.320. The smallest absolute Gasteiger partial charge is 0.248 e. The second kappa shape index (κ2) is 9.68. The third kappa shape index (κ3) is 5.70. The van der Waals surface area contributed by atoms with Crippen LogP contribution >= 0.6 is 12.4 Å². The molecule has 1 heterocycles. The average Bonchev–Trinajstić information content (AvgIpc) is 2.30. The molecule has 1 amide bonds. The van der Waals surface area contributed by atoms with Crippen molar-refractivity contribution in [3.8, 4) is 0 Å². The number of carbonyl (C=O) groups excluding carboxylic acids is 1. The molecule has 0 aromatic carbocycles. The van der Waals surface area contributed by atoms with E-state index < -0.39 is 0 Å². The molecule has 1 fully saturated rings. The van der Waals surface area contributed by atoms with Crippen molar-refractivity contribution in [2.45, 2.75) is 45.1 Å². The Balaban J connectivity index is 0.00000256. The molecule has 102 valence electrons. The van der Waals surface area contributed by atoms with Crippen molar-refractivity contribution in [1.29, 1.82) is 0 Å². The van der Waals surface area contributed by atoms with Crippen LogP contribution in [-0.2, 0) is 9.53 Å². The maximum absolute atomic E-state index is 11.9. The fraction of sp³-hybridized carbons (Fsp3) is 0.917. The number of nitrogens with zero attached hydrogens (tertiary/aromatic N) is 1. The summed E-state index contributed by atoms with van der Waals surface area (Å²) in [6.45, 7) is 4.47. The van der Waals surface area contributed by atoms with Gasteiger partial charge in [0, 0.05) is 19.2 Å². The van der Waals surface area contributed by atoms with Gasteiger partial charge in [0.25, 0.3) is 0 Å². The zero-order valence-electron chi connectivity index (χ0n) is 10.7. The zero-order valence-corrected chi connectivity index (χ0v) is 11.5. The number of amides is 1. The molecule has 0 aromatic rings. The number of carbonyl (C=O) groups is 1. The lowest BCUT2D eigenvalue weighted by molar-refractivity contribution is -0.140. The van der Waals surface area contributed by atoms with Crippen LogP contribution in [0.25, 0.3) is 0 Å². The minimum Gasteiger partial charge on any atom is -0.372 e. The number of likely N-dealkylation sites (tertiary alicyclic amines) is 1. The minimum atomic E-state index is 0. The van der Waals surface area contributed by atoms with Gasteiger partial charge in [-0.05, 0) is 38.6 Å². The SMILES string of the molecule is CCCOCC(=O)N1CCCCC1CCN.Cl. The molecular formula is C12H25ClN2O2. The van der Waals surface area contributed by atoms with E-state index in [1.807, 2.05) is 11.8 Å². The lowest BCUT2D eigenvalue weighted by Crippen LogP contribution is -2.46. The van der Waals surface area contributed by atoms with E-state index >= 15 is 0 Å². The summed E-state index contributed by atoms with van der Waals surface area (Å²) in [7, 11) is 0. The number of rotatable bonds is 6. The van der Waals surface area contributed by atoms with Gasteiger partial charge in [-0.15, -0.1) is 12.4 Å². The number of halogens is 1. The third-order valence-electron chi connectivity index (χ3n) is 3.02. The highest BCUT2D eigenvalue weighted by Crippen LogP contribution is 2.19. The van der Waals surface area contributed by atoms with E-state index in [2.05, 4.69) is 0 Å². The van der Waals surface area contributed by atoms with Crippen LogP contribution in [0.4, 0.5) is 0 Å². The quantitative estimate of drug-likeness (QED) is 0.741. The molecule has 1 atom stereocenters. The molecule has 0 radical (unpaired) electrons. The molecule has 2 N–H and O–H groups in total. The Labute approximate surface area is 110 Å². The molecule has 0 aromatic heterocycles. The summed E-state index contributed by atoms with van der Waals surface area (Å²) in [5.41, 5.74) is 5.57. The maximum atomic E-state index is 11.9. The number of ether oxygens (including phenoxy) is 1. The van der Waals surface area contributed by atoms with Crippen LogP contribution in [0.2, 0.25) is 0 Å². The van der Waals surface area contributed by atoms with Gasteiger partial charge >= 0.3 is 0 Å². The van der Waals surface area contributed by atoms with Gasteiger partial charge < -0.3 is 15.4 Å². The fourth-order valence-corrected chi connectivity index (χ4v) is 2.21. The number of piperidine rings is 1. The summed E-state index contributed by atoms with van der Waals surface area (Å²) in [5.74, 6) is 0.131. The summed E-state index contributed by atoms with van der Waals surface area (Å²) < 4.78 is 5.30. The van der Waals surface area contributed by atoms with E-state index in [9.17, 15) is 4.79 Å². The van der Waals surface area contributed by atoms with Crippen LogP contribution in [0.1, 0.15) is 39.0 Å². The molecule has 17 heavy (non-hydrogen) atoms. The number of hydrogen-bond acceptors (Lipinski definition) is 3. The maximum Gasteiger partial charge on any atom is 0.248 e. The van der Waals surface area contributed by atoms with Crippen molar-refractivity contribution < 1.29 is 9.53 Å². The fourth-order valence-electron chi connectivity index (χ4n) is 2.21. The average molecular weight is 265 g/mol. The van der Waals surface area contributed by atoms with E-state index in [4.69, 9.17) is 10.5 Å². The van der Waals surface area contributed by atoms with Gasteiger partial charge in [0.15, 0.2) is 0 Å². The molecule has 0 saturated carbocycles. The van der Waals surface area contributed by atoms with Crippen LogP contribution in [0.15, 0.2) is 0 Å². The van der Waals surface area contributed by atoms with Crippen molar-refractivity contribution in [3.63, 3.8) is 0 Å².